The van der Waals surface area contributed by atoms with Gasteiger partial charge in [0.1, 0.15) is 5.82 Å². The number of carbonyl (C=O) groups is 1. The summed E-state index contributed by atoms with van der Waals surface area (Å²) in [6.07, 6.45) is 4.11. The minimum Gasteiger partial charge on any atom is -0.349 e. The maximum Gasteiger partial charge on any atom is 0.251 e. The van der Waals surface area contributed by atoms with Crippen LogP contribution in [0.25, 0.3) is 0 Å². The van der Waals surface area contributed by atoms with Gasteiger partial charge in [-0.2, -0.15) is 0 Å². The Kier molecular flexibility index (Phi) is 4.31. The molecule has 3 nitrogen and oxygen atoms in total. The number of nitrogens with one attached hydrogen (secondary N) is 1. The van der Waals surface area contributed by atoms with Crippen molar-refractivity contribution in [3.8, 4) is 0 Å². The Labute approximate surface area is 107 Å². The molecular formula is C14H19FN2O. The topological polar surface area (TPSA) is 55.1 Å². The largest absolute Gasteiger partial charge is 0.349 e. The van der Waals surface area contributed by atoms with Gasteiger partial charge in [-0.25, -0.2) is 4.39 Å². The summed E-state index contributed by atoms with van der Waals surface area (Å²) in [6.45, 7) is 0.735. The van der Waals surface area contributed by atoms with Crippen LogP contribution < -0.4 is 11.1 Å². The van der Waals surface area contributed by atoms with Crippen molar-refractivity contribution in [1.82, 2.24) is 5.32 Å². The lowest BCUT2D eigenvalue weighted by Crippen LogP contribution is -2.38. The number of benzene rings is 1. The maximum absolute atomic E-state index is 12.7. The molecule has 1 aliphatic carbocycles. The third kappa shape index (κ3) is 3.29. The van der Waals surface area contributed by atoms with E-state index in [9.17, 15) is 9.18 Å². The molecule has 1 saturated carbocycles. The summed E-state index contributed by atoms with van der Waals surface area (Å²) in [4.78, 5) is 11.9. The monoisotopic (exact) mass is 250 g/mol. The highest BCUT2D eigenvalue weighted by molar-refractivity contribution is 5.94. The van der Waals surface area contributed by atoms with E-state index < -0.39 is 0 Å². The van der Waals surface area contributed by atoms with Gasteiger partial charge in [-0.05, 0) is 62.4 Å². The fourth-order valence-corrected chi connectivity index (χ4v) is 2.41. The molecule has 0 heterocycles. The molecule has 0 atom stereocenters. The average molecular weight is 250 g/mol. The second kappa shape index (κ2) is 5.96. The van der Waals surface area contributed by atoms with E-state index in [4.69, 9.17) is 5.73 Å². The highest BCUT2D eigenvalue weighted by Gasteiger charge is 2.21. The van der Waals surface area contributed by atoms with Gasteiger partial charge in [-0.1, -0.05) is 0 Å². The number of amides is 1. The minimum atomic E-state index is -0.324. The maximum atomic E-state index is 12.7. The lowest BCUT2D eigenvalue weighted by molar-refractivity contribution is 0.0922. The van der Waals surface area contributed by atoms with Crippen molar-refractivity contribution in [3.63, 3.8) is 0 Å². The van der Waals surface area contributed by atoms with Crippen LogP contribution in [0.3, 0.4) is 0 Å². The SMILES string of the molecule is NCC1CCC(NC(=O)c2ccc(F)cc2)CC1. The first kappa shape index (κ1) is 13.0. The van der Waals surface area contributed by atoms with Crippen LogP contribution in [0.2, 0.25) is 0 Å². The molecule has 0 spiro atoms. The minimum absolute atomic E-state index is 0.119. The zero-order valence-electron chi connectivity index (χ0n) is 10.4. The van der Waals surface area contributed by atoms with Crippen LogP contribution >= 0.6 is 0 Å². The molecule has 0 aromatic heterocycles. The summed E-state index contributed by atoms with van der Waals surface area (Å²) < 4.78 is 12.7. The van der Waals surface area contributed by atoms with Gasteiger partial charge in [-0.15, -0.1) is 0 Å². The fourth-order valence-electron chi connectivity index (χ4n) is 2.41. The smallest absolute Gasteiger partial charge is 0.251 e. The fraction of sp³-hybridized carbons (Fsp3) is 0.500. The van der Waals surface area contributed by atoms with Gasteiger partial charge in [0.15, 0.2) is 0 Å². The molecule has 4 heteroatoms. The normalized spacial score (nSPS) is 23.7. The molecule has 0 bridgehead atoms. The Bertz CT molecular complexity index is 397. The molecule has 0 aliphatic heterocycles. The first-order chi connectivity index (χ1) is 8.69. The number of rotatable bonds is 3. The van der Waals surface area contributed by atoms with Crippen LogP contribution in [0, 0.1) is 11.7 Å². The molecule has 1 aromatic rings. The number of nitrogens with two attached hydrogens (primary N) is 1. The lowest BCUT2D eigenvalue weighted by atomic mass is 9.86. The highest BCUT2D eigenvalue weighted by atomic mass is 19.1. The number of hydrogen-bond acceptors (Lipinski definition) is 2. The summed E-state index contributed by atoms with van der Waals surface area (Å²) >= 11 is 0. The predicted molar refractivity (Wildman–Crippen MR) is 68.7 cm³/mol. The van der Waals surface area contributed by atoms with Crippen molar-refractivity contribution >= 4 is 5.91 Å². The van der Waals surface area contributed by atoms with Gasteiger partial charge in [0.2, 0.25) is 0 Å². The molecule has 2 rings (SSSR count). The summed E-state index contributed by atoms with van der Waals surface area (Å²) in [5.41, 5.74) is 6.14. The average Bonchev–Trinajstić information content (AvgIpc) is 2.40. The van der Waals surface area contributed by atoms with Crippen molar-refractivity contribution in [2.24, 2.45) is 11.7 Å². The van der Waals surface area contributed by atoms with Crippen molar-refractivity contribution in [3.05, 3.63) is 35.6 Å². The summed E-state index contributed by atoms with van der Waals surface area (Å²) in [5.74, 6) is 0.158. The van der Waals surface area contributed by atoms with E-state index in [1.807, 2.05) is 0 Å². The van der Waals surface area contributed by atoms with Gasteiger partial charge in [0, 0.05) is 11.6 Å². The molecule has 1 aromatic carbocycles. The summed E-state index contributed by atoms with van der Waals surface area (Å²) in [6, 6.07) is 5.86. The predicted octanol–water partition coefficient (Wildman–Crippen LogP) is 2.07. The molecule has 0 saturated heterocycles. The Balaban J connectivity index is 1.86. The van der Waals surface area contributed by atoms with E-state index in [2.05, 4.69) is 5.32 Å². The molecule has 1 aliphatic rings. The first-order valence-electron chi connectivity index (χ1n) is 6.45. The zero-order valence-corrected chi connectivity index (χ0v) is 10.4. The van der Waals surface area contributed by atoms with E-state index in [-0.39, 0.29) is 17.8 Å². The number of carbonyl (C=O) groups excluding carboxylic acids is 1. The number of hydrogen-bond donors (Lipinski definition) is 2. The molecule has 1 fully saturated rings. The van der Waals surface area contributed by atoms with Crippen LogP contribution in [0.5, 0.6) is 0 Å². The number of halogens is 1. The van der Waals surface area contributed by atoms with E-state index >= 15 is 0 Å². The van der Waals surface area contributed by atoms with Gasteiger partial charge in [-0.3, -0.25) is 4.79 Å². The third-order valence-corrected chi connectivity index (χ3v) is 3.62. The Hall–Kier alpha value is -1.42. The van der Waals surface area contributed by atoms with Crippen molar-refractivity contribution < 1.29 is 9.18 Å². The quantitative estimate of drug-likeness (QED) is 0.863. The van der Waals surface area contributed by atoms with Crippen molar-refractivity contribution in [2.45, 2.75) is 31.7 Å². The van der Waals surface area contributed by atoms with Crippen LogP contribution in [0.1, 0.15) is 36.0 Å². The van der Waals surface area contributed by atoms with E-state index in [1.54, 1.807) is 0 Å². The van der Waals surface area contributed by atoms with Gasteiger partial charge in [0.05, 0.1) is 0 Å². The zero-order chi connectivity index (χ0) is 13.0. The molecule has 0 unspecified atom stereocenters. The van der Waals surface area contributed by atoms with E-state index in [0.717, 1.165) is 32.2 Å². The van der Waals surface area contributed by atoms with Crippen LogP contribution in [0.15, 0.2) is 24.3 Å². The van der Waals surface area contributed by atoms with Crippen LogP contribution in [-0.4, -0.2) is 18.5 Å². The summed E-state index contributed by atoms with van der Waals surface area (Å²) in [7, 11) is 0. The standard InChI is InChI=1S/C14H19FN2O/c15-12-5-3-11(4-6-12)14(18)17-13-7-1-10(9-16)2-8-13/h3-6,10,13H,1-2,7-9,16H2,(H,17,18). The Morgan fingerprint density at radius 1 is 1.22 bits per heavy atom. The molecule has 98 valence electrons. The third-order valence-electron chi connectivity index (χ3n) is 3.62. The van der Waals surface area contributed by atoms with Gasteiger partial charge in [0.25, 0.3) is 5.91 Å². The lowest BCUT2D eigenvalue weighted by Gasteiger charge is -2.28. The second-order valence-corrected chi connectivity index (χ2v) is 4.93. The molecule has 18 heavy (non-hydrogen) atoms. The first-order valence-corrected chi connectivity index (χ1v) is 6.45. The van der Waals surface area contributed by atoms with Crippen molar-refractivity contribution in [1.29, 1.82) is 0 Å². The Morgan fingerprint density at radius 3 is 2.39 bits per heavy atom. The van der Waals surface area contributed by atoms with E-state index in [1.165, 1.54) is 24.3 Å². The molecular weight excluding hydrogens is 231 g/mol. The molecule has 0 radical (unpaired) electrons. The van der Waals surface area contributed by atoms with Crippen LogP contribution in [-0.2, 0) is 0 Å². The van der Waals surface area contributed by atoms with Gasteiger partial charge < -0.3 is 11.1 Å². The van der Waals surface area contributed by atoms with E-state index in [0.29, 0.717) is 11.5 Å². The molecule has 1 amide bonds. The van der Waals surface area contributed by atoms with Gasteiger partial charge >= 0.3 is 0 Å². The highest BCUT2D eigenvalue weighted by Crippen LogP contribution is 2.23. The van der Waals surface area contributed by atoms with Crippen LogP contribution in [0.4, 0.5) is 4.39 Å². The molecule has 3 N–H and O–H groups in total. The van der Waals surface area contributed by atoms with Crippen molar-refractivity contribution in [2.75, 3.05) is 6.54 Å². The summed E-state index contributed by atoms with van der Waals surface area (Å²) in [5, 5.41) is 3.00. The Morgan fingerprint density at radius 2 is 1.83 bits per heavy atom. The second-order valence-electron chi connectivity index (χ2n) is 4.93.